The molecule has 3 aliphatic rings. The molecule has 2 aromatic carbocycles. The number of aromatic amines is 1. The van der Waals surface area contributed by atoms with Gasteiger partial charge in [-0.15, -0.1) is 0 Å². The average molecular weight is 923 g/mol. The minimum Gasteiger partial charge on any atom is -0.478 e. The Hall–Kier alpha value is -5.78. The van der Waals surface area contributed by atoms with E-state index < -0.39 is 37.0 Å². The topological polar surface area (TPSA) is 205 Å². The van der Waals surface area contributed by atoms with E-state index in [9.17, 15) is 28.4 Å². The third-order valence-corrected chi connectivity index (χ3v) is 15.4. The standard InChI is InChI=1S/C49H62N8O8S/c1-6-48(4,59)19-9-10-22-50-45-41(57(60)61)28-35(29-52-45)66(62,63)54-46(58)39-17-16-34(27-42(39)65-43-26-33-18-23-51-44(33)53-47(43)64-5)55-24-20-49(21-25-55)30-56(31-49)40-15-11-14-38(40)37-13-8-7-12-36(37)32(2)3/h7-8,12-13,16-18,23,26-29,32,38,40,59H,6,9-11,14-15,19-22,24-25,30-31H2,1-5H3,(H,50,52)(H,51,53)(H,54,58)/t38-,40-,48-/m1/s1. The maximum atomic E-state index is 14.1. The Morgan fingerprint density at radius 2 is 1.85 bits per heavy atom. The molecule has 1 amide bonds. The normalized spacial score (nSPS) is 19.4. The molecular formula is C49H62N8O8S. The zero-order valence-electron chi connectivity index (χ0n) is 38.5. The molecule has 8 rings (SSSR count). The molecule has 5 heterocycles. The van der Waals surface area contributed by atoms with E-state index in [1.165, 1.54) is 43.6 Å². The summed E-state index contributed by atoms with van der Waals surface area (Å²) in [6, 6.07) is 19.0. The number of H-pyrrole nitrogens is 1. The number of nitrogens with zero attached hydrogens (tertiary/aromatic N) is 5. The fourth-order valence-electron chi connectivity index (χ4n) is 10.1. The van der Waals surface area contributed by atoms with Crippen LogP contribution < -0.4 is 24.4 Å². The fraction of sp³-hybridized carbons (Fsp3) is 0.490. The van der Waals surface area contributed by atoms with Gasteiger partial charge in [-0.05, 0) is 111 Å². The Morgan fingerprint density at radius 1 is 1.08 bits per heavy atom. The summed E-state index contributed by atoms with van der Waals surface area (Å²) >= 11 is 0. The number of amides is 1. The van der Waals surface area contributed by atoms with Gasteiger partial charge in [0.15, 0.2) is 5.75 Å². The summed E-state index contributed by atoms with van der Waals surface area (Å²) in [6.45, 7) is 12.3. The number of carbonyl (C=O) groups is 1. The van der Waals surface area contributed by atoms with Crippen LogP contribution in [0.3, 0.4) is 0 Å². The quantitative estimate of drug-likeness (QED) is 0.0369. The number of aromatic nitrogens is 3. The first-order valence-electron chi connectivity index (χ1n) is 23.2. The number of rotatable bonds is 18. The number of sulfonamides is 1. The van der Waals surface area contributed by atoms with Gasteiger partial charge in [-0.3, -0.25) is 19.8 Å². The van der Waals surface area contributed by atoms with Crippen LogP contribution in [-0.4, -0.2) is 95.7 Å². The van der Waals surface area contributed by atoms with E-state index in [4.69, 9.17) is 9.47 Å². The highest BCUT2D eigenvalue weighted by atomic mass is 32.2. The predicted molar refractivity (Wildman–Crippen MR) is 254 cm³/mol. The molecule has 3 aromatic heterocycles. The van der Waals surface area contributed by atoms with Crippen LogP contribution in [0.15, 0.2) is 78.0 Å². The summed E-state index contributed by atoms with van der Waals surface area (Å²) in [5.41, 5.74) is 3.17. The molecule has 352 valence electrons. The van der Waals surface area contributed by atoms with Gasteiger partial charge in [0.25, 0.3) is 21.8 Å². The second kappa shape index (κ2) is 19.2. The van der Waals surface area contributed by atoms with Gasteiger partial charge in [-0.2, -0.15) is 4.98 Å². The Kier molecular flexibility index (Phi) is 13.6. The van der Waals surface area contributed by atoms with E-state index in [2.05, 4.69) is 72.9 Å². The molecule has 3 atom stereocenters. The number of nitro groups is 1. The number of unbranched alkanes of at least 4 members (excludes halogenated alkanes) is 1. The molecule has 1 saturated carbocycles. The SMILES string of the molecule is CC[C@@](C)(O)CCCCNc1ncc(S(=O)(=O)NC(=O)c2ccc(N3CCC4(CC3)CN([C@@H]3CCC[C@@H]3c3ccccc3C(C)C)C4)cc2Oc2cc3cc[nH]c3nc2OC)cc1[N+](=O)[O-]. The van der Waals surface area contributed by atoms with Gasteiger partial charge < -0.3 is 29.8 Å². The highest BCUT2D eigenvalue weighted by Gasteiger charge is 2.49. The van der Waals surface area contributed by atoms with Gasteiger partial charge >= 0.3 is 5.69 Å². The van der Waals surface area contributed by atoms with Gasteiger partial charge in [0, 0.05) is 68.2 Å². The number of likely N-dealkylation sites (tertiary alicyclic amines) is 1. The van der Waals surface area contributed by atoms with Gasteiger partial charge in [0.1, 0.15) is 16.3 Å². The number of hydrogen-bond donors (Lipinski definition) is 4. The number of anilines is 2. The monoisotopic (exact) mass is 922 g/mol. The lowest BCUT2D eigenvalue weighted by molar-refractivity contribution is -0.384. The molecule has 2 aliphatic heterocycles. The maximum Gasteiger partial charge on any atom is 0.312 e. The molecule has 5 aromatic rings. The highest BCUT2D eigenvalue weighted by Crippen LogP contribution is 2.49. The van der Waals surface area contributed by atoms with E-state index in [-0.39, 0.29) is 34.2 Å². The number of aliphatic hydroxyl groups is 1. The molecule has 0 unspecified atom stereocenters. The van der Waals surface area contributed by atoms with Crippen LogP contribution in [0.1, 0.15) is 119 Å². The van der Waals surface area contributed by atoms with Crippen molar-refractivity contribution in [3.63, 3.8) is 0 Å². The maximum absolute atomic E-state index is 14.1. The average Bonchev–Trinajstić information content (AvgIpc) is 3.97. The van der Waals surface area contributed by atoms with Crippen LogP contribution in [0.4, 0.5) is 17.2 Å². The number of carbonyl (C=O) groups excluding carboxylic acids is 1. The number of fused-ring (bicyclic) bond motifs is 1. The third kappa shape index (κ3) is 9.98. The van der Waals surface area contributed by atoms with Gasteiger partial charge in [-0.25, -0.2) is 18.1 Å². The van der Waals surface area contributed by atoms with Gasteiger partial charge in [0.2, 0.25) is 5.82 Å². The number of nitrogens with one attached hydrogen (secondary N) is 3. The first-order valence-corrected chi connectivity index (χ1v) is 24.7. The van der Waals surface area contributed by atoms with Crippen LogP contribution in [0.5, 0.6) is 17.4 Å². The molecule has 4 N–H and O–H groups in total. The second-order valence-corrected chi connectivity index (χ2v) is 20.6. The van der Waals surface area contributed by atoms with Crippen LogP contribution in [-0.2, 0) is 10.0 Å². The van der Waals surface area contributed by atoms with E-state index >= 15 is 0 Å². The number of hydrogen-bond acceptors (Lipinski definition) is 13. The molecule has 0 bridgehead atoms. The van der Waals surface area contributed by atoms with E-state index in [0.717, 1.165) is 62.4 Å². The minimum atomic E-state index is -4.66. The summed E-state index contributed by atoms with van der Waals surface area (Å²) in [5.74, 6) is 0.379. The van der Waals surface area contributed by atoms with E-state index in [1.54, 1.807) is 31.3 Å². The molecule has 66 heavy (non-hydrogen) atoms. The van der Waals surface area contributed by atoms with Crippen molar-refractivity contribution in [1.29, 1.82) is 0 Å². The Balaban J connectivity index is 0.983. The number of pyridine rings is 2. The fourth-order valence-corrected chi connectivity index (χ4v) is 11.0. The molecule has 17 heteroatoms. The van der Waals surface area contributed by atoms with Crippen molar-refractivity contribution in [3.05, 3.63) is 99.9 Å². The van der Waals surface area contributed by atoms with Crippen LogP contribution in [0.2, 0.25) is 0 Å². The lowest BCUT2D eigenvalue weighted by atomic mass is 9.70. The number of benzene rings is 2. The second-order valence-electron chi connectivity index (χ2n) is 18.9. The predicted octanol–water partition coefficient (Wildman–Crippen LogP) is 8.89. The molecule has 2 saturated heterocycles. The summed E-state index contributed by atoms with van der Waals surface area (Å²) in [4.78, 5) is 41.5. The Morgan fingerprint density at radius 3 is 2.58 bits per heavy atom. The van der Waals surface area contributed by atoms with Crippen molar-refractivity contribution in [2.75, 3.05) is 50.1 Å². The highest BCUT2D eigenvalue weighted by molar-refractivity contribution is 7.90. The Bertz CT molecular complexity index is 2670. The van der Waals surface area contributed by atoms with E-state index in [1.807, 2.05) is 13.0 Å². The molecule has 1 spiro atoms. The third-order valence-electron chi connectivity index (χ3n) is 14.1. The molecule has 1 aliphatic carbocycles. The zero-order chi connectivity index (χ0) is 46.8. The molecule has 3 fully saturated rings. The largest absolute Gasteiger partial charge is 0.478 e. The number of ether oxygens (including phenoxy) is 2. The summed E-state index contributed by atoms with van der Waals surface area (Å²) in [7, 11) is -3.21. The molecule has 16 nitrogen and oxygen atoms in total. The lowest BCUT2D eigenvalue weighted by Crippen LogP contribution is -2.63. The number of methoxy groups -OCH3 is 1. The minimum absolute atomic E-state index is 0.0725. The Labute approximate surface area is 386 Å². The van der Waals surface area contributed by atoms with Crippen molar-refractivity contribution in [3.8, 4) is 17.4 Å². The summed E-state index contributed by atoms with van der Waals surface area (Å²) < 4.78 is 41.5. The van der Waals surface area contributed by atoms with Gasteiger partial charge in [-0.1, -0.05) is 51.5 Å². The lowest BCUT2D eigenvalue weighted by Gasteiger charge is -2.57. The number of piperidine rings is 1. The van der Waals surface area contributed by atoms with Crippen LogP contribution in [0.25, 0.3) is 11.0 Å². The van der Waals surface area contributed by atoms with Crippen molar-refractivity contribution in [2.45, 2.75) is 114 Å². The van der Waals surface area contributed by atoms with Gasteiger partial charge in [0.05, 0.1) is 29.4 Å². The van der Waals surface area contributed by atoms with Crippen molar-refractivity contribution < 1.29 is 32.7 Å². The van der Waals surface area contributed by atoms with Crippen LogP contribution in [0, 0.1) is 15.5 Å². The van der Waals surface area contributed by atoms with Crippen molar-refractivity contribution in [1.82, 2.24) is 24.6 Å². The first kappa shape index (κ1) is 46.7. The smallest absolute Gasteiger partial charge is 0.312 e. The van der Waals surface area contributed by atoms with Crippen molar-refractivity contribution >= 4 is 44.2 Å². The summed E-state index contributed by atoms with van der Waals surface area (Å²) in [5, 5.41) is 26.0. The van der Waals surface area contributed by atoms with Crippen molar-refractivity contribution in [2.24, 2.45) is 5.41 Å². The summed E-state index contributed by atoms with van der Waals surface area (Å²) in [6.07, 6.45) is 10.9. The van der Waals surface area contributed by atoms with E-state index in [0.29, 0.717) is 55.8 Å². The molecule has 0 radical (unpaired) electrons. The van der Waals surface area contributed by atoms with Crippen LogP contribution >= 0.6 is 0 Å². The zero-order valence-corrected chi connectivity index (χ0v) is 39.3. The molecular weight excluding hydrogens is 861 g/mol. The first-order chi connectivity index (χ1) is 31.6.